The summed E-state index contributed by atoms with van der Waals surface area (Å²) >= 11 is 6.18. The number of halogens is 3. The number of aliphatic imine (C=N–C) groups is 1. The van der Waals surface area contributed by atoms with Crippen LogP contribution in [-0.2, 0) is 0 Å². The maximum absolute atomic E-state index is 13.9. The molecule has 170 valence electrons. The van der Waals surface area contributed by atoms with Crippen molar-refractivity contribution in [3.63, 3.8) is 0 Å². The molecule has 0 bridgehead atoms. The van der Waals surface area contributed by atoms with E-state index < -0.39 is 12.0 Å². The molecule has 2 aliphatic heterocycles. The molecule has 3 aliphatic rings. The van der Waals surface area contributed by atoms with Crippen molar-refractivity contribution in [3.05, 3.63) is 51.7 Å². The van der Waals surface area contributed by atoms with Gasteiger partial charge < -0.3 is 20.4 Å². The van der Waals surface area contributed by atoms with Crippen LogP contribution >= 0.6 is 11.6 Å². The average Bonchev–Trinajstić information content (AvgIpc) is 3.14. The minimum absolute atomic E-state index is 0.105. The number of ether oxygens (including phenoxy) is 1. The van der Waals surface area contributed by atoms with Gasteiger partial charge in [-0.3, -0.25) is 4.79 Å². The minimum atomic E-state index is -0.835. The van der Waals surface area contributed by atoms with Gasteiger partial charge in [-0.25, -0.2) is 13.8 Å². The Labute approximate surface area is 190 Å². The lowest BCUT2D eigenvalue weighted by atomic mass is 9.96. The lowest BCUT2D eigenvalue weighted by Crippen LogP contribution is -2.30. The molecule has 2 heterocycles. The van der Waals surface area contributed by atoms with E-state index in [1.165, 1.54) is 23.1 Å². The summed E-state index contributed by atoms with van der Waals surface area (Å²) in [5, 5.41) is 12.0. The van der Waals surface area contributed by atoms with Crippen molar-refractivity contribution in [2.75, 3.05) is 13.1 Å². The largest absolute Gasteiger partial charge is 0.489 e. The number of carbonyl (C=O) groups is 1. The van der Waals surface area contributed by atoms with Gasteiger partial charge >= 0.3 is 0 Å². The summed E-state index contributed by atoms with van der Waals surface area (Å²) < 4.78 is 33.3. The van der Waals surface area contributed by atoms with E-state index in [0.717, 1.165) is 5.70 Å². The van der Waals surface area contributed by atoms with Gasteiger partial charge in [0, 0.05) is 17.3 Å². The first-order chi connectivity index (χ1) is 15.2. The van der Waals surface area contributed by atoms with Crippen LogP contribution in [0.4, 0.5) is 8.78 Å². The quantitative estimate of drug-likeness (QED) is 0.683. The Morgan fingerprint density at radius 2 is 1.97 bits per heavy atom. The maximum atomic E-state index is 13.9. The van der Waals surface area contributed by atoms with E-state index in [2.05, 4.69) is 10.3 Å². The molecule has 9 heteroatoms. The molecular formula is C23H25ClF2N4O2. The Hall–Kier alpha value is -2.74. The van der Waals surface area contributed by atoms with Crippen molar-refractivity contribution >= 4 is 28.9 Å². The third-order valence-electron chi connectivity index (χ3n) is 5.94. The third-order valence-corrected chi connectivity index (χ3v) is 6.50. The molecule has 0 atom stereocenters. The Morgan fingerprint density at radius 3 is 2.66 bits per heavy atom. The molecule has 0 unspecified atom stereocenters. The van der Waals surface area contributed by atoms with Crippen molar-refractivity contribution in [3.8, 4) is 5.75 Å². The molecule has 6 nitrogen and oxygen atoms in total. The number of nitrogens with one attached hydrogen (secondary N) is 2. The van der Waals surface area contributed by atoms with Gasteiger partial charge in [-0.15, -0.1) is 0 Å². The second-order valence-electron chi connectivity index (χ2n) is 8.36. The van der Waals surface area contributed by atoms with Crippen molar-refractivity contribution in [2.24, 2.45) is 4.99 Å². The number of carbonyl (C=O) groups excluding carboxylic acids is 1. The fraction of sp³-hybridized carbons (Fsp3) is 0.435. The molecule has 1 aromatic carbocycles. The molecular weight excluding hydrogens is 438 g/mol. The van der Waals surface area contributed by atoms with Gasteiger partial charge in [-0.1, -0.05) is 11.6 Å². The zero-order valence-electron chi connectivity index (χ0n) is 18.0. The Kier molecular flexibility index (Phi) is 6.33. The Balaban J connectivity index is 1.55. The lowest BCUT2D eigenvalue weighted by Gasteiger charge is -2.26. The number of alkyl halides is 1. The van der Waals surface area contributed by atoms with Crippen LogP contribution in [0.5, 0.6) is 5.75 Å². The summed E-state index contributed by atoms with van der Waals surface area (Å²) in [5.41, 5.74) is 2.47. The fourth-order valence-corrected chi connectivity index (χ4v) is 4.23. The van der Waals surface area contributed by atoms with Crippen LogP contribution in [0.2, 0.25) is 0 Å². The summed E-state index contributed by atoms with van der Waals surface area (Å²) in [6.45, 7) is 3.90. The first kappa shape index (κ1) is 22.5. The van der Waals surface area contributed by atoms with E-state index in [1.54, 1.807) is 6.92 Å². The van der Waals surface area contributed by atoms with E-state index in [0.29, 0.717) is 47.8 Å². The standard InChI is InChI=1S/C23H25ClF2N4O2/c1-12-21(24)13(2)29-22(28-12)18-10-30(11-19(18)27)23(31)17-8-5-15(26)9-20(17)32-16-6-3-14(25)4-7-16/h5,8-9,14,16,27-28H,3-4,6-7,10-11H2,1-2H3/b22-18+,27-19?/t14-,16-. The highest BCUT2D eigenvalue weighted by atomic mass is 35.5. The summed E-state index contributed by atoms with van der Waals surface area (Å²) in [4.78, 5) is 19.2. The normalized spacial score (nSPS) is 26.2. The molecule has 0 radical (unpaired) electrons. The number of benzene rings is 1. The van der Waals surface area contributed by atoms with Gasteiger partial charge in [0.1, 0.15) is 23.6 Å². The van der Waals surface area contributed by atoms with Crippen molar-refractivity contribution in [1.29, 1.82) is 5.41 Å². The van der Waals surface area contributed by atoms with Crippen LogP contribution in [0.3, 0.4) is 0 Å². The minimum Gasteiger partial charge on any atom is -0.489 e. The van der Waals surface area contributed by atoms with Gasteiger partial charge in [0.05, 0.1) is 41.2 Å². The van der Waals surface area contributed by atoms with Crippen LogP contribution in [-0.4, -0.2) is 47.6 Å². The molecule has 0 spiro atoms. The van der Waals surface area contributed by atoms with Crippen LogP contribution in [0.25, 0.3) is 0 Å². The number of nitrogens with zero attached hydrogens (tertiary/aromatic N) is 2. The van der Waals surface area contributed by atoms with Gasteiger partial charge in [-0.05, 0) is 51.7 Å². The summed E-state index contributed by atoms with van der Waals surface area (Å²) in [5.74, 6) is -0.215. The van der Waals surface area contributed by atoms with Gasteiger partial charge in [0.15, 0.2) is 0 Å². The molecule has 1 saturated heterocycles. The fourth-order valence-electron chi connectivity index (χ4n) is 4.14. The summed E-state index contributed by atoms with van der Waals surface area (Å²) in [7, 11) is 0. The van der Waals surface area contributed by atoms with Gasteiger partial charge in [0.2, 0.25) is 0 Å². The molecule has 1 aromatic rings. The molecule has 0 aromatic heterocycles. The monoisotopic (exact) mass is 462 g/mol. The highest BCUT2D eigenvalue weighted by Gasteiger charge is 2.32. The number of hydrogen-bond donors (Lipinski definition) is 2. The summed E-state index contributed by atoms with van der Waals surface area (Å²) in [6.07, 6.45) is 0.748. The molecule has 2 N–H and O–H groups in total. The van der Waals surface area contributed by atoms with E-state index >= 15 is 0 Å². The molecule has 4 rings (SSSR count). The van der Waals surface area contributed by atoms with Crippen molar-refractivity contribution in [1.82, 2.24) is 10.2 Å². The van der Waals surface area contributed by atoms with Crippen LogP contribution in [0.15, 0.2) is 45.3 Å². The predicted octanol–water partition coefficient (Wildman–Crippen LogP) is 4.71. The number of allylic oxidation sites excluding steroid dienone is 2. The highest BCUT2D eigenvalue weighted by molar-refractivity contribution is 6.43. The number of rotatable bonds is 3. The van der Waals surface area contributed by atoms with Gasteiger partial charge in [0.25, 0.3) is 5.91 Å². The molecule has 1 amide bonds. The third kappa shape index (κ3) is 4.55. The first-order valence-electron chi connectivity index (χ1n) is 10.6. The van der Waals surface area contributed by atoms with E-state index in [9.17, 15) is 13.6 Å². The topological polar surface area (TPSA) is 77.8 Å². The number of likely N-dealkylation sites (tertiary alicyclic amines) is 1. The van der Waals surface area contributed by atoms with E-state index in [-0.39, 0.29) is 42.1 Å². The second-order valence-corrected chi connectivity index (χ2v) is 8.74. The Morgan fingerprint density at radius 1 is 1.25 bits per heavy atom. The molecule has 1 saturated carbocycles. The second kappa shape index (κ2) is 9.02. The smallest absolute Gasteiger partial charge is 0.258 e. The Bertz CT molecular complexity index is 1060. The van der Waals surface area contributed by atoms with E-state index in [4.69, 9.17) is 21.7 Å². The summed E-state index contributed by atoms with van der Waals surface area (Å²) in [6, 6.07) is 3.81. The molecule has 1 aliphatic carbocycles. The van der Waals surface area contributed by atoms with Crippen LogP contribution < -0.4 is 10.1 Å². The molecule has 2 fully saturated rings. The zero-order valence-corrected chi connectivity index (χ0v) is 18.7. The van der Waals surface area contributed by atoms with E-state index in [1.807, 2.05) is 6.92 Å². The van der Waals surface area contributed by atoms with Gasteiger partial charge in [-0.2, -0.15) is 0 Å². The number of hydrogen-bond acceptors (Lipinski definition) is 5. The maximum Gasteiger partial charge on any atom is 0.258 e. The predicted molar refractivity (Wildman–Crippen MR) is 120 cm³/mol. The van der Waals surface area contributed by atoms with Crippen molar-refractivity contribution < 1.29 is 18.3 Å². The lowest BCUT2D eigenvalue weighted by molar-refractivity contribution is 0.0784. The van der Waals surface area contributed by atoms with Crippen LogP contribution in [0, 0.1) is 11.2 Å². The van der Waals surface area contributed by atoms with Crippen LogP contribution in [0.1, 0.15) is 49.9 Å². The first-order valence-corrected chi connectivity index (χ1v) is 11.0. The molecule has 32 heavy (non-hydrogen) atoms. The highest BCUT2D eigenvalue weighted by Crippen LogP contribution is 2.30. The SMILES string of the molecule is CC1=N/C(=C2\CN(C(=O)c3ccc(F)cc3O[C@H]3CC[C@H](F)CC3)CC2=N)NC(C)=C1Cl. The average molecular weight is 463 g/mol. The van der Waals surface area contributed by atoms with Crippen molar-refractivity contribution in [2.45, 2.75) is 51.8 Å². The zero-order chi connectivity index (χ0) is 23.0. The number of amides is 1.